The molecule has 0 aliphatic rings. The number of hydrogen-bond acceptors (Lipinski definition) is 2. The fraction of sp³-hybridized carbons (Fsp3) is 0.500. The Morgan fingerprint density at radius 2 is 2.40 bits per heavy atom. The summed E-state index contributed by atoms with van der Waals surface area (Å²) in [5, 5.41) is 0. The van der Waals surface area contributed by atoms with Gasteiger partial charge in [-0.05, 0) is 18.4 Å². The summed E-state index contributed by atoms with van der Waals surface area (Å²) in [4.78, 5) is 7.99. The maximum Gasteiger partial charge on any atom is 0.115 e. The van der Waals surface area contributed by atoms with E-state index < -0.39 is 0 Å². The number of rotatable bonds is 2. The minimum absolute atomic E-state index is 0.558. The summed E-state index contributed by atoms with van der Waals surface area (Å²) in [5.74, 6) is 0.558. The van der Waals surface area contributed by atoms with Crippen LogP contribution in [0.3, 0.4) is 0 Å². The van der Waals surface area contributed by atoms with Crippen molar-refractivity contribution in [2.24, 2.45) is 0 Å². The molecule has 0 N–H and O–H groups in total. The summed E-state index contributed by atoms with van der Waals surface area (Å²) < 4.78 is 0. The van der Waals surface area contributed by atoms with Gasteiger partial charge in [0.1, 0.15) is 6.33 Å². The van der Waals surface area contributed by atoms with Crippen LogP contribution in [0.2, 0.25) is 0 Å². The highest BCUT2D eigenvalue weighted by molar-refractivity contribution is 5.03. The minimum atomic E-state index is 0.558. The SMILES string of the molecule is CCC(C)c1ccncn1. The fourth-order valence-electron chi connectivity index (χ4n) is 0.802. The third-order valence-electron chi connectivity index (χ3n) is 1.72. The molecule has 0 fully saturated rings. The molecule has 2 heteroatoms. The molecule has 0 amide bonds. The molecular formula is C8H12N2. The Bertz CT molecular complexity index is 184. The first-order valence-electron chi connectivity index (χ1n) is 3.60. The van der Waals surface area contributed by atoms with Crippen molar-refractivity contribution in [3.63, 3.8) is 0 Å². The molecule has 2 nitrogen and oxygen atoms in total. The molecule has 0 bridgehead atoms. The average Bonchev–Trinajstić information content (AvgIpc) is 2.05. The first kappa shape index (κ1) is 7.19. The normalized spacial score (nSPS) is 13.0. The molecule has 1 heterocycles. The van der Waals surface area contributed by atoms with Gasteiger partial charge in [0.25, 0.3) is 0 Å². The molecule has 1 atom stereocenters. The second-order valence-electron chi connectivity index (χ2n) is 2.44. The zero-order valence-electron chi connectivity index (χ0n) is 6.41. The summed E-state index contributed by atoms with van der Waals surface area (Å²) in [6.07, 6.45) is 4.52. The molecule has 1 unspecified atom stereocenters. The van der Waals surface area contributed by atoms with Crippen LogP contribution in [0.4, 0.5) is 0 Å². The molecule has 10 heavy (non-hydrogen) atoms. The lowest BCUT2D eigenvalue weighted by molar-refractivity contribution is 0.704. The number of nitrogens with zero attached hydrogens (tertiary/aromatic N) is 2. The summed E-state index contributed by atoms with van der Waals surface area (Å²) in [6.45, 7) is 4.33. The van der Waals surface area contributed by atoms with Gasteiger partial charge in [-0.3, -0.25) is 0 Å². The monoisotopic (exact) mass is 136 g/mol. The molecule has 0 aliphatic carbocycles. The average molecular weight is 136 g/mol. The van der Waals surface area contributed by atoms with Gasteiger partial charge in [-0.2, -0.15) is 0 Å². The van der Waals surface area contributed by atoms with Gasteiger partial charge in [-0.15, -0.1) is 0 Å². The molecular weight excluding hydrogens is 124 g/mol. The van der Waals surface area contributed by atoms with Crippen LogP contribution in [0, 0.1) is 0 Å². The topological polar surface area (TPSA) is 25.8 Å². The highest BCUT2D eigenvalue weighted by Gasteiger charge is 2.01. The highest BCUT2D eigenvalue weighted by atomic mass is 14.8. The Morgan fingerprint density at radius 3 is 2.90 bits per heavy atom. The molecule has 0 aliphatic heterocycles. The second-order valence-corrected chi connectivity index (χ2v) is 2.44. The largest absolute Gasteiger partial charge is 0.245 e. The van der Waals surface area contributed by atoms with E-state index >= 15 is 0 Å². The summed E-state index contributed by atoms with van der Waals surface area (Å²) >= 11 is 0. The van der Waals surface area contributed by atoms with Crippen LogP contribution in [0.25, 0.3) is 0 Å². The lowest BCUT2D eigenvalue weighted by atomic mass is 10.1. The van der Waals surface area contributed by atoms with Crippen molar-refractivity contribution >= 4 is 0 Å². The highest BCUT2D eigenvalue weighted by Crippen LogP contribution is 2.13. The van der Waals surface area contributed by atoms with E-state index in [0.29, 0.717) is 5.92 Å². The third-order valence-corrected chi connectivity index (χ3v) is 1.72. The first-order chi connectivity index (χ1) is 4.84. The summed E-state index contributed by atoms with van der Waals surface area (Å²) in [5.41, 5.74) is 1.14. The van der Waals surface area contributed by atoms with Crippen molar-refractivity contribution in [1.82, 2.24) is 9.97 Å². The lowest BCUT2D eigenvalue weighted by Gasteiger charge is -2.04. The second kappa shape index (κ2) is 3.30. The zero-order chi connectivity index (χ0) is 7.40. The van der Waals surface area contributed by atoms with Crippen molar-refractivity contribution in [3.05, 3.63) is 24.3 Å². The summed E-state index contributed by atoms with van der Waals surface area (Å²) in [7, 11) is 0. The lowest BCUT2D eigenvalue weighted by Crippen LogP contribution is -1.94. The van der Waals surface area contributed by atoms with Gasteiger partial charge in [-0.1, -0.05) is 13.8 Å². The molecule has 0 saturated heterocycles. The Labute approximate surface area is 61.3 Å². The van der Waals surface area contributed by atoms with Crippen LogP contribution in [-0.2, 0) is 0 Å². The molecule has 1 aromatic heterocycles. The first-order valence-corrected chi connectivity index (χ1v) is 3.60. The van der Waals surface area contributed by atoms with E-state index in [2.05, 4.69) is 23.8 Å². The van der Waals surface area contributed by atoms with Gasteiger partial charge >= 0.3 is 0 Å². The zero-order valence-corrected chi connectivity index (χ0v) is 6.41. The number of aromatic nitrogens is 2. The maximum atomic E-state index is 4.14. The van der Waals surface area contributed by atoms with Crippen LogP contribution in [-0.4, -0.2) is 9.97 Å². The smallest absolute Gasteiger partial charge is 0.115 e. The predicted octanol–water partition coefficient (Wildman–Crippen LogP) is 1.99. The van der Waals surface area contributed by atoms with Gasteiger partial charge in [0.05, 0.1) is 0 Å². The van der Waals surface area contributed by atoms with Crippen LogP contribution in [0.15, 0.2) is 18.6 Å². The van der Waals surface area contributed by atoms with Crippen molar-refractivity contribution < 1.29 is 0 Å². The number of hydrogen-bond donors (Lipinski definition) is 0. The van der Waals surface area contributed by atoms with E-state index in [4.69, 9.17) is 0 Å². The van der Waals surface area contributed by atoms with Gasteiger partial charge < -0.3 is 0 Å². The molecule has 0 aromatic carbocycles. The standard InChI is InChI=1S/C8H12N2/c1-3-7(2)8-4-5-9-6-10-8/h4-7H,3H2,1-2H3. The van der Waals surface area contributed by atoms with E-state index in [1.54, 1.807) is 12.5 Å². The third kappa shape index (κ3) is 1.53. The maximum absolute atomic E-state index is 4.14. The van der Waals surface area contributed by atoms with Crippen LogP contribution in [0.5, 0.6) is 0 Å². The predicted molar refractivity (Wildman–Crippen MR) is 40.7 cm³/mol. The Kier molecular flexibility index (Phi) is 2.37. The Balaban J connectivity index is 2.75. The molecule has 54 valence electrons. The minimum Gasteiger partial charge on any atom is -0.245 e. The van der Waals surface area contributed by atoms with E-state index in [1.807, 2.05) is 6.07 Å². The van der Waals surface area contributed by atoms with E-state index in [1.165, 1.54) is 0 Å². The van der Waals surface area contributed by atoms with Crippen LogP contribution >= 0.6 is 0 Å². The molecule has 0 spiro atoms. The Hall–Kier alpha value is -0.920. The van der Waals surface area contributed by atoms with Crippen molar-refractivity contribution in [2.75, 3.05) is 0 Å². The van der Waals surface area contributed by atoms with Gasteiger partial charge in [0, 0.05) is 11.9 Å². The van der Waals surface area contributed by atoms with Gasteiger partial charge in [0.15, 0.2) is 0 Å². The molecule has 0 radical (unpaired) electrons. The van der Waals surface area contributed by atoms with Crippen molar-refractivity contribution in [3.8, 4) is 0 Å². The fourth-order valence-corrected chi connectivity index (χ4v) is 0.802. The van der Waals surface area contributed by atoms with Crippen LogP contribution in [0.1, 0.15) is 31.9 Å². The van der Waals surface area contributed by atoms with E-state index in [-0.39, 0.29) is 0 Å². The van der Waals surface area contributed by atoms with Crippen molar-refractivity contribution in [1.29, 1.82) is 0 Å². The van der Waals surface area contributed by atoms with Crippen molar-refractivity contribution in [2.45, 2.75) is 26.2 Å². The van der Waals surface area contributed by atoms with E-state index in [0.717, 1.165) is 12.1 Å². The molecule has 1 aromatic rings. The van der Waals surface area contributed by atoms with Gasteiger partial charge in [-0.25, -0.2) is 9.97 Å². The van der Waals surface area contributed by atoms with E-state index in [9.17, 15) is 0 Å². The molecule has 0 saturated carbocycles. The van der Waals surface area contributed by atoms with Gasteiger partial charge in [0.2, 0.25) is 0 Å². The quantitative estimate of drug-likeness (QED) is 0.621. The summed E-state index contributed by atoms with van der Waals surface area (Å²) in [6, 6.07) is 1.97. The molecule has 1 rings (SSSR count). The Morgan fingerprint density at radius 1 is 1.60 bits per heavy atom. The van der Waals surface area contributed by atoms with Crippen LogP contribution < -0.4 is 0 Å².